The highest BCUT2D eigenvalue weighted by Crippen LogP contribution is 2.23. The lowest BCUT2D eigenvalue weighted by Gasteiger charge is -2.09. The number of ether oxygens (including phenoxy) is 2. The molecule has 0 aliphatic carbocycles. The monoisotopic (exact) mass is 381 g/mol. The van der Waals surface area contributed by atoms with Crippen LogP contribution >= 0.6 is 0 Å². The summed E-state index contributed by atoms with van der Waals surface area (Å²) in [5.41, 5.74) is 2.37. The molecule has 1 aromatic carbocycles. The van der Waals surface area contributed by atoms with Gasteiger partial charge in [-0.25, -0.2) is 0 Å². The maximum Gasteiger partial charge on any atom is 0.251 e. The molecule has 1 amide bonds. The number of aromatic nitrogens is 4. The van der Waals surface area contributed by atoms with Crippen molar-refractivity contribution in [1.29, 1.82) is 0 Å². The van der Waals surface area contributed by atoms with Gasteiger partial charge in [0.05, 0.1) is 26.5 Å². The number of hydrogen-bond donors (Lipinski definition) is 1. The summed E-state index contributed by atoms with van der Waals surface area (Å²) in [6.45, 7) is 3.32. The van der Waals surface area contributed by atoms with Crippen LogP contribution in [-0.2, 0) is 6.54 Å². The molecule has 2 heterocycles. The van der Waals surface area contributed by atoms with Gasteiger partial charge in [-0.1, -0.05) is 12.1 Å². The summed E-state index contributed by atoms with van der Waals surface area (Å²) in [5, 5.41) is 7.16. The molecule has 0 unspecified atom stereocenters. The summed E-state index contributed by atoms with van der Waals surface area (Å²) < 4.78 is 12.2. The van der Waals surface area contributed by atoms with Gasteiger partial charge in [0, 0.05) is 30.4 Å². The Morgan fingerprint density at radius 3 is 2.54 bits per heavy atom. The number of carbonyl (C=O) groups is 1. The molecular weight excluding hydrogens is 358 g/mol. The zero-order valence-electron chi connectivity index (χ0n) is 16.2. The summed E-state index contributed by atoms with van der Waals surface area (Å²) >= 11 is 0. The number of aryl methyl sites for hydroxylation is 2. The predicted octanol–water partition coefficient (Wildman–Crippen LogP) is 2.49. The summed E-state index contributed by atoms with van der Waals surface area (Å²) in [6.07, 6.45) is 4.59. The largest absolute Gasteiger partial charge is 0.481 e. The maximum absolute atomic E-state index is 12.5. The van der Waals surface area contributed by atoms with Crippen molar-refractivity contribution in [3.8, 4) is 23.1 Å². The number of hydrogen-bond acceptors (Lipinski definition) is 6. The van der Waals surface area contributed by atoms with Crippen LogP contribution in [0.5, 0.6) is 11.8 Å². The molecule has 0 aliphatic rings. The minimum absolute atomic E-state index is 0.145. The SMILES string of the molecule is COc1cc(OC)nc(-c2cccc(C(=O)NCCCn3cc(C)cn3)c2)n1. The number of nitrogens with one attached hydrogen (secondary N) is 1. The fourth-order valence-electron chi connectivity index (χ4n) is 2.68. The van der Waals surface area contributed by atoms with Gasteiger partial charge in [0.2, 0.25) is 11.8 Å². The summed E-state index contributed by atoms with van der Waals surface area (Å²) in [6, 6.07) is 8.74. The summed E-state index contributed by atoms with van der Waals surface area (Å²) in [5.74, 6) is 1.07. The molecule has 8 heteroatoms. The molecule has 8 nitrogen and oxygen atoms in total. The second kappa shape index (κ2) is 8.98. The summed E-state index contributed by atoms with van der Waals surface area (Å²) in [7, 11) is 3.06. The normalized spacial score (nSPS) is 10.5. The van der Waals surface area contributed by atoms with E-state index in [2.05, 4.69) is 20.4 Å². The fraction of sp³-hybridized carbons (Fsp3) is 0.300. The van der Waals surface area contributed by atoms with Crippen LogP contribution in [0.4, 0.5) is 0 Å². The highest BCUT2D eigenvalue weighted by molar-refractivity contribution is 5.95. The average molecular weight is 381 g/mol. The molecule has 1 N–H and O–H groups in total. The predicted molar refractivity (Wildman–Crippen MR) is 104 cm³/mol. The molecule has 0 aliphatic heterocycles. The number of carbonyl (C=O) groups excluding carboxylic acids is 1. The van der Waals surface area contributed by atoms with Crippen LogP contribution < -0.4 is 14.8 Å². The van der Waals surface area contributed by atoms with Crippen molar-refractivity contribution in [3.63, 3.8) is 0 Å². The van der Waals surface area contributed by atoms with Crippen molar-refractivity contribution in [1.82, 2.24) is 25.1 Å². The summed E-state index contributed by atoms with van der Waals surface area (Å²) in [4.78, 5) is 21.1. The molecule has 0 saturated heterocycles. The third-order valence-corrected chi connectivity index (χ3v) is 4.09. The Morgan fingerprint density at radius 2 is 1.89 bits per heavy atom. The molecule has 0 fully saturated rings. The first-order valence-corrected chi connectivity index (χ1v) is 8.94. The van der Waals surface area contributed by atoms with Gasteiger partial charge >= 0.3 is 0 Å². The van der Waals surface area contributed by atoms with Crippen LogP contribution in [0.1, 0.15) is 22.3 Å². The zero-order chi connectivity index (χ0) is 19.9. The second-order valence-corrected chi connectivity index (χ2v) is 6.25. The highest BCUT2D eigenvalue weighted by atomic mass is 16.5. The number of nitrogens with zero attached hydrogens (tertiary/aromatic N) is 4. The Hall–Kier alpha value is -3.42. The Morgan fingerprint density at radius 1 is 1.14 bits per heavy atom. The number of benzene rings is 1. The Kier molecular flexibility index (Phi) is 6.21. The molecule has 2 aromatic heterocycles. The van der Waals surface area contributed by atoms with E-state index in [0.717, 1.165) is 18.5 Å². The first-order valence-electron chi connectivity index (χ1n) is 8.94. The topological polar surface area (TPSA) is 91.2 Å². The van der Waals surface area contributed by atoms with Crippen LogP contribution in [0.2, 0.25) is 0 Å². The molecule has 0 bridgehead atoms. The van der Waals surface area contributed by atoms with Crippen LogP contribution in [-0.4, -0.2) is 46.4 Å². The lowest BCUT2D eigenvalue weighted by atomic mass is 10.1. The second-order valence-electron chi connectivity index (χ2n) is 6.25. The smallest absolute Gasteiger partial charge is 0.251 e. The third kappa shape index (κ3) is 4.85. The zero-order valence-corrected chi connectivity index (χ0v) is 16.2. The van der Waals surface area contributed by atoms with E-state index in [-0.39, 0.29) is 5.91 Å². The van der Waals surface area contributed by atoms with Crippen molar-refractivity contribution in [2.45, 2.75) is 19.9 Å². The third-order valence-electron chi connectivity index (χ3n) is 4.09. The fourth-order valence-corrected chi connectivity index (χ4v) is 2.68. The van der Waals surface area contributed by atoms with Crippen molar-refractivity contribution in [2.75, 3.05) is 20.8 Å². The Bertz CT molecular complexity index is 932. The van der Waals surface area contributed by atoms with Gasteiger partial charge in [-0.3, -0.25) is 9.48 Å². The van der Waals surface area contributed by atoms with Crippen molar-refractivity contribution >= 4 is 5.91 Å². The molecule has 0 spiro atoms. The molecule has 0 saturated carbocycles. The van der Waals surface area contributed by atoms with E-state index in [0.29, 0.717) is 35.3 Å². The van der Waals surface area contributed by atoms with Gasteiger partial charge in [0.25, 0.3) is 5.91 Å². The van der Waals surface area contributed by atoms with Crippen LogP contribution in [0.25, 0.3) is 11.4 Å². The van der Waals surface area contributed by atoms with E-state index in [4.69, 9.17) is 9.47 Å². The van der Waals surface area contributed by atoms with Crippen molar-refractivity contribution < 1.29 is 14.3 Å². The minimum Gasteiger partial charge on any atom is -0.481 e. The molecule has 28 heavy (non-hydrogen) atoms. The molecule has 0 radical (unpaired) electrons. The van der Waals surface area contributed by atoms with Gasteiger partial charge in [-0.05, 0) is 31.0 Å². The van der Waals surface area contributed by atoms with Crippen LogP contribution in [0.15, 0.2) is 42.7 Å². The van der Waals surface area contributed by atoms with Crippen molar-refractivity contribution in [3.05, 3.63) is 53.9 Å². The number of methoxy groups -OCH3 is 2. The van der Waals surface area contributed by atoms with Crippen molar-refractivity contribution in [2.24, 2.45) is 0 Å². The van der Waals surface area contributed by atoms with E-state index >= 15 is 0 Å². The van der Waals surface area contributed by atoms with E-state index in [9.17, 15) is 4.79 Å². The maximum atomic E-state index is 12.5. The minimum atomic E-state index is -0.145. The molecular formula is C20H23N5O3. The first kappa shape index (κ1) is 19.3. The molecule has 146 valence electrons. The first-order chi connectivity index (χ1) is 13.6. The Balaban J connectivity index is 1.64. The van der Waals surface area contributed by atoms with Crippen LogP contribution in [0, 0.1) is 6.92 Å². The van der Waals surface area contributed by atoms with Gasteiger partial charge in [0.15, 0.2) is 5.82 Å². The average Bonchev–Trinajstić information content (AvgIpc) is 3.15. The van der Waals surface area contributed by atoms with Gasteiger partial charge in [-0.15, -0.1) is 0 Å². The quantitative estimate of drug-likeness (QED) is 0.603. The molecule has 0 atom stereocenters. The van der Waals surface area contributed by atoms with Gasteiger partial charge < -0.3 is 14.8 Å². The van der Waals surface area contributed by atoms with Crippen LogP contribution in [0.3, 0.4) is 0 Å². The van der Waals surface area contributed by atoms with E-state index in [1.54, 1.807) is 24.3 Å². The lowest BCUT2D eigenvalue weighted by Crippen LogP contribution is -2.25. The van der Waals surface area contributed by atoms with E-state index < -0.39 is 0 Å². The molecule has 3 aromatic rings. The standard InChI is InChI=1S/C20H23N5O3/c1-14-12-22-25(13-14)9-5-8-21-20(26)16-7-4-6-15(10-16)19-23-17(27-2)11-18(24-19)28-3/h4,6-7,10-13H,5,8-9H2,1-3H3,(H,21,26). The molecule has 3 rings (SSSR count). The van der Waals surface area contributed by atoms with E-state index in [1.165, 1.54) is 14.2 Å². The van der Waals surface area contributed by atoms with Gasteiger partial charge in [0.1, 0.15) is 0 Å². The van der Waals surface area contributed by atoms with Gasteiger partial charge in [-0.2, -0.15) is 15.1 Å². The highest BCUT2D eigenvalue weighted by Gasteiger charge is 2.11. The number of amides is 1. The van der Waals surface area contributed by atoms with E-state index in [1.807, 2.05) is 30.1 Å². The lowest BCUT2D eigenvalue weighted by molar-refractivity contribution is 0.0952. The number of rotatable bonds is 8. The Labute approximate surface area is 163 Å².